The van der Waals surface area contributed by atoms with E-state index in [1.165, 1.54) is 0 Å². The van der Waals surface area contributed by atoms with Gasteiger partial charge in [-0.3, -0.25) is 14.8 Å². The van der Waals surface area contributed by atoms with Crippen LogP contribution in [0.1, 0.15) is 32.0 Å². The highest BCUT2D eigenvalue weighted by atomic mass is 19.1. The number of rotatable bonds is 5. The molecule has 0 fully saturated rings. The summed E-state index contributed by atoms with van der Waals surface area (Å²) in [6, 6.07) is 2.43. The third-order valence-electron chi connectivity index (χ3n) is 3.27. The molecule has 0 radical (unpaired) electrons. The van der Waals surface area contributed by atoms with E-state index < -0.39 is 48.0 Å². The number of nitrogens with two attached hydrogens (primary N) is 1. The monoisotopic (exact) mass is 353 g/mol. The van der Waals surface area contributed by atoms with Crippen molar-refractivity contribution in [3.05, 3.63) is 58.4 Å². The number of aliphatic hydroxyl groups is 1. The third-order valence-corrected chi connectivity index (χ3v) is 3.27. The maximum atomic E-state index is 13.1. The lowest BCUT2D eigenvalue weighted by molar-refractivity contribution is -0.0655. The quantitative estimate of drug-likeness (QED) is 0.461. The maximum Gasteiger partial charge on any atom is 0.299 e. The lowest BCUT2D eigenvalue weighted by Gasteiger charge is -2.17. The number of halogens is 2. The average molecular weight is 353 g/mol. The Morgan fingerprint density at radius 2 is 1.80 bits per heavy atom. The number of amides is 2. The number of aliphatic hydroxyl groups excluding tert-OH is 1. The van der Waals surface area contributed by atoms with E-state index in [-0.39, 0.29) is 21.8 Å². The first-order valence-electron chi connectivity index (χ1n) is 6.81. The van der Waals surface area contributed by atoms with Crippen molar-refractivity contribution in [2.24, 2.45) is 5.73 Å². The van der Waals surface area contributed by atoms with E-state index in [1.807, 2.05) is 0 Å². The lowest BCUT2D eigenvalue weighted by Crippen LogP contribution is -2.28. The van der Waals surface area contributed by atoms with Gasteiger partial charge in [-0.25, -0.2) is 18.8 Å². The number of hydrogen-bond donors (Lipinski definition) is 4. The highest BCUT2D eigenvalue weighted by Crippen LogP contribution is 2.25. The van der Waals surface area contributed by atoms with Crippen LogP contribution in [0.4, 0.5) is 8.78 Å². The van der Waals surface area contributed by atoms with E-state index in [0.29, 0.717) is 6.07 Å². The summed E-state index contributed by atoms with van der Waals surface area (Å²) in [6.45, 7) is -1.41. The first-order valence-corrected chi connectivity index (χ1v) is 6.81. The fourth-order valence-electron chi connectivity index (χ4n) is 2.14. The Kier molecular flexibility index (Phi) is 5.25. The highest BCUT2D eigenvalue weighted by molar-refractivity contribution is 5.99. The minimum atomic E-state index is -1.21. The minimum absolute atomic E-state index is 0.0519. The molecule has 8 nitrogen and oxygen atoms in total. The maximum absolute atomic E-state index is 13.1. The molecule has 2 rings (SSSR count). The third kappa shape index (κ3) is 3.87. The van der Waals surface area contributed by atoms with Crippen LogP contribution in [0.15, 0.2) is 24.4 Å². The van der Waals surface area contributed by atoms with E-state index in [4.69, 9.17) is 5.73 Å². The van der Waals surface area contributed by atoms with E-state index >= 15 is 0 Å². The summed E-state index contributed by atoms with van der Waals surface area (Å²) in [4.78, 5) is 26.9. The summed E-state index contributed by atoms with van der Waals surface area (Å²) in [5, 5.41) is 29.1. The molecule has 25 heavy (non-hydrogen) atoms. The molecule has 1 aromatic carbocycles. The number of nitrogens with zero attached hydrogens (tertiary/aromatic N) is 2. The SMILES string of the molecule is NC(=O)c1cnc(C(=O)N(O)Cc2cc(F)cc(F)c2)c(O)c1CO. The number of primary amides is 1. The molecule has 2 amide bonds. The molecule has 0 spiro atoms. The normalized spacial score (nSPS) is 10.6. The second kappa shape index (κ2) is 7.20. The lowest BCUT2D eigenvalue weighted by atomic mass is 10.1. The molecular formula is C15H13F2N3O5. The number of carbonyl (C=O) groups excluding carboxylic acids is 2. The molecule has 0 bridgehead atoms. The van der Waals surface area contributed by atoms with Crippen LogP contribution >= 0.6 is 0 Å². The first-order chi connectivity index (χ1) is 11.7. The molecule has 132 valence electrons. The largest absolute Gasteiger partial charge is 0.505 e. The molecule has 0 aliphatic rings. The van der Waals surface area contributed by atoms with Gasteiger partial charge >= 0.3 is 0 Å². The topological polar surface area (TPSA) is 137 Å². The van der Waals surface area contributed by atoms with Crippen molar-refractivity contribution < 1.29 is 33.8 Å². The van der Waals surface area contributed by atoms with Gasteiger partial charge < -0.3 is 15.9 Å². The Morgan fingerprint density at radius 3 is 2.32 bits per heavy atom. The van der Waals surface area contributed by atoms with Crippen LogP contribution < -0.4 is 5.73 Å². The zero-order chi connectivity index (χ0) is 18.7. The Balaban J connectivity index is 2.32. The molecule has 5 N–H and O–H groups in total. The summed E-state index contributed by atoms with van der Waals surface area (Å²) in [7, 11) is 0. The fraction of sp³-hybridized carbons (Fsp3) is 0.133. The number of benzene rings is 1. The Labute approximate surface area is 139 Å². The van der Waals surface area contributed by atoms with Gasteiger partial charge in [-0.15, -0.1) is 0 Å². The molecule has 0 atom stereocenters. The van der Waals surface area contributed by atoms with Crippen LogP contribution in [-0.2, 0) is 13.2 Å². The van der Waals surface area contributed by atoms with E-state index in [0.717, 1.165) is 18.3 Å². The summed E-state index contributed by atoms with van der Waals surface area (Å²) >= 11 is 0. The van der Waals surface area contributed by atoms with E-state index in [1.54, 1.807) is 0 Å². The molecule has 10 heteroatoms. The smallest absolute Gasteiger partial charge is 0.299 e. The minimum Gasteiger partial charge on any atom is -0.505 e. The van der Waals surface area contributed by atoms with Crippen molar-refractivity contribution >= 4 is 11.8 Å². The summed E-state index contributed by atoms with van der Waals surface area (Å²) < 4.78 is 26.3. The van der Waals surface area contributed by atoms with Gasteiger partial charge in [-0.1, -0.05) is 0 Å². The predicted molar refractivity (Wildman–Crippen MR) is 78.4 cm³/mol. The Bertz CT molecular complexity index is 824. The van der Waals surface area contributed by atoms with Crippen LogP contribution in [0.25, 0.3) is 0 Å². The van der Waals surface area contributed by atoms with Crippen LogP contribution in [0.2, 0.25) is 0 Å². The van der Waals surface area contributed by atoms with Crippen molar-refractivity contribution in [1.29, 1.82) is 0 Å². The Hall–Kier alpha value is -3.11. The number of hydrogen-bond acceptors (Lipinski definition) is 6. The van der Waals surface area contributed by atoms with E-state index in [2.05, 4.69) is 4.98 Å². The van der Waals surface area contributed by atoms with Crippen LogP contribution in [0.5, 0.6) is 5.75 Å². The van der Waals surface area contributed by atoms with Crippen molar-refractivity contribution in [2.75, 3.05) is 0 Å². The number of carbonyl (C=O) groups is 2. The summed E-state index contributed by atoms with van der Waals surface area (Å²) in [5.41, 5.74) is 3.70. The van der Waals surface area contributed by atoms with Gasteiger partial charge in [0.25, 0.3) is 11.8 Å². The molecule has 0 aliphatic carbocycles. The van der Waals surface area contributed by atoms with Crippen molar-refractivity contribution in [2.45, 2.75) is 13.2 Å². The number of hydroxylamine groups is 2. The van der Waals surface area contributed by atoms with Crippen LogP contribution in [0.3, 0.4) is 0 Å². The zero-order valence-electron chi connectivity index (χ0n) is 12.6. The zero-order valence-corrected chi connectivity index (χ0v) is 12.6. The van der Waals surface area contributed by atoms with Crippen molar-refractivity contribution in [3.8, 4) is 5.75 Å². The molecule has 2 aromatic rings. The Morgan fingerprint density at radius 1 is 1.20 bits per heavy atom. The first kappa shape index (κ1) is 18.2. The van der Waals surface area contributed by atoms with Crippen LogP contribution in [-0.4, -0.2) is 37.3 Å². The van der Waals surface area contributed by atoms with Gasteiger partial charge in [-0.05, 0) is 17.7 Å². The second-order valence-corrected chi connectivity index (χ2v) is 5.01. The van der Waals surface area contributed by atoms with Gasteiger partial charge in [0.1, 0.15) is 11.6 Å². The van der Waals surface area contributed by atoms with Crippen LogP contribution in [0, 0.1) is 11.6 Å². The van der Waals surface area contributed by atoms with E-state index in [9.17, 15) is 33.8 Å². The number of pyridine rings is 1. The standard InChI is InChI=1S/C15H13F2N3O5/c16-8-1-7(2-9(17)3-8)5-20(25)15(24)12-13(22)11(6-21)10(4-19-12)14(18)23/h1-4,21-22,25H,5-6H2,(H2,18,23). The summed E-state index contributed by atoms with van der Waals surface area (Å²) in [6.07, 6.45) is 0.858. The molecule has 0 saturated heterocycles. The predicted octanol–water partition coefficient (Wildman–Crippen LogP) is 0.688. The number of aromatic hydroxyl groups is 1. The van der Waals surface area contributed by atoms with Gasteiger partial charge in [0.15, 0.2) is 11.4 Å². The van der Waals surface area contributed by atoms with Gasteiger partial charge in [-0.2, -0.15) is 0 Å². The molecule has 1 aromatic heterocycles. The molecular weight excluding hydrogens is 340 g/mol. The molecule has 0 unspecified atom stereocenters. The highest BCUT2D eigenvalue weighted by Gasteiger charge is 2.24. The van der Waals surface area contributed by atoms with Gasteiger partial charge in [0, 0.05) is 17.8 Å². The molecule has 0 aliphatic heterocycles. The molecule has 0 saturated carbocycles. The van der Waals surface area contributed by atoms with Crippen molar-refractivity contribution in [3.63, 3.8) is 0 Å². The second-order valence-electron chi connectivity index (χ2n) is 5.01. The van der Waals surface area contributed by atoms with Gasteiger partial charge in [0.2, 0.25) is 0 Å². The van der Waals surface area contributed by atoms with Crippen molar-refractivity contribution in [1.82, 2.24) is 10.0 Å². The molecule has 1 heterocycles. The summed E-state index contributed by atoms with van der Waals surface area (Å²) in [5.74, 6) is -4.83. The number of aromatic nitrogens is 1. The fourth-order valence-corrected chi connectivity index (χ4v) is 2.14. The van der Waals surface area contributed by atoms with Gasteiger partial charge in [0.05, 0.1) is 18.7 Å². The average Bonchev–Trinajstić information content (AvgIpc) is 2.52.